The fourth-order valence-electron chi connectivity index (χ4n) is 2.65. The number of amidine groups is 1. The van der Waals surface area contributed by atoms with Gasteiger partial charge in [-0.05, 0) is 37.5 Å². The highest BCUT2D eigenvalue weighted by Crippen LogP contribution is 2.43. The number of hydrogen-bond acceptors (Lipinski definition) is 3. The van der Waals surface area contributed by atoms with Crippen LogP contribution in [0.5, 0.6) is 0 Å². The quantitative estimate of drug-likeness (QED) is 0.313. The van der Waals surface area contributed by atoms with Crippen LogP contribution in [0, 0.1) is 17.3 Å². The summed E-state index contributed by atoms with van der Waals surface area (Å²) in [5.41, 5.74) is 5.07. The topological polar surface area (TPSA) is 78.9 Å². The first-order valence-corrected chi connectivity index (χ1v) is 8.11. The molecular weight excluding hydrogens is 266 g/mol. The van der Waals surface area contributed by atoms with Crippen molar-refractivity contribution in [3.63, 3.8) is 0 Å². The minimum absolute atomic E-state index is 0.0466. The Hall–Kier alpha value is -1.26. The summed E-state index contributed by atoms with van der Waals surface area (Å²) in [5.74, 6) is 1.24. The van der Waals surface area contributed by atoms with E-state index in [1.807, 2.05) is 4.90 Å². The number of oxime groups is 1. The molecule has 1 saturated carbocycles. The van der Waals surface area contributed by atoms with E-state index in [-0.39, 0.29) is 11.7 Å². The first-order chi connectivity index (χ1) is 9.83. The van der Waals surface area contributed by atoms with Crippen molar-refractivity contribution in [2.24, 2.45) is 28.1 Å². The highest BCUT2D eigenvalue weighted by molar-refractivity contribution is 6.07. The molecule has 0 aromatic heterocycles. The number of nitrogens with two attached hydrogens (primary N) is 1. The number of amides is 1. The summed E-state index contributed by atoms with van der Waals surface area (Å²) in [6.07, 6.45) is 4.32. The normalized spacial score (nSPS) is 17.9. The van der Waals surface area contributed by atoms with Crippen LogP contribution in [-0.4, -0.2) is 34.9 Å². The maximum Gasteiger partial charge on any atom is 0.236 e. The van der Waals surface area contributed by atoms with Gasteiger partial charge in [0.15, 0.2) is 5.84 Å². The molecule has 0 saturated heterocycles. The molecule has 0 aromatic rings. The molecule has 1 fully saturated rings. The second kappa shape index (κ2) is 7.66. The molecule has 0 atom stereocenters. The van der Waals surface area contributed by atoms with Gasteiger partial charge in [-0.25, -0.2) is 0 Å². The van der Waals surface area contributed by atoms with Crippen molar-refractivity contribution >= 4 is 11.7 Å². The Balaban J connectivity index is 2.82. The first kappa shape index (κ1) is 17.8. The Morgan fingerprint density at radius 1 is 1.19 bits per heavy atom. The van der Waals surface area contributed by atoms with Crippen molar-refractivity contribution in [3.05, 3.63) is 0 Å². The summed E-state index contributed by atoms with van der Waals surface area (Å²) in [6.45, 7) is 10.1. The standard InChI is InChI=1S/C16H31N3O2/c1-12(2)6-10-19(11-7-13(3)4)15(20)16(8-5-9-16)14(17)18-21/h12-13,21H,5-11H2,1-4H3,(H2,17,18). The Morgan fingerprint density at radius 2 is 1.67 bits per heavy atom. The summed E-state index contributed by atoms with van der Waals surface area (Å²) in [7, 11) is 0. The van der Waals surface area contributed by atoms with Gasteiger partial charge in [0, 0.05) is 13.1 Å². The molecule has 3 N–H and O–H groups in total. The van der Waals surface area contributed by atoms with E-state index < -0.39 is 5.41 Å². The lowest BCUT2D eigenvalue weighted by atomic mass is 9.66. The first-order valence-electron chi connectivity index (χ1n) is 8.11. The Labute approximate surface area is 128 Å². The number of carbonyl (C=O) groups excluding carboxylic acids is 1. The van der Waals surface area contributed by atoms with E-state index in [1.165, 1.54) is 0 Å². The van der Waals surface area contributed by atoms with E-state index in [0.717, 1.165) is 32.4 Å². The third-order valence-electron chi connectivity index (χ3n) is 4.45. The predicted molar refractivity (Wildman–Crippen MR) is 85.2 cm³/mol. The lowest BCUT2D eigenvalue weighted by Crippen LogP contribution is -2.55. The van der Waals surface area contributed by atoms with E-state index in [9.17, 15) is 4.79 Å². The maximum atomic E-state index is 12.9. The van der Waals surface area contributed by atoms with Crippen molar-refractivity contribution in [1.82, 2.24) is 4.90 Å². The van der Waals surface area contributed by atoms with Gasteiger partial charge >= 0.3 is 0 Å². The number of rotatable bonds is 8. The van der Waals surface area contributed by atoms with Crippen LogP contribution < -0.4 is 5.73 Å². The van der Waals surface area contributed by atoms with E-state index in [2.05, 4.69) is 32.9 Å². The van der Waals surface area contributed by atoms with Crippen LogP contribution in [0.4, 0.5) is 0 Å². The van der Waals surface area contributed by atoms with E-state index in [4.69, 9.17) is 10.9 Å². The molecule has 0 heterocycles. The van der Waals surface area contributed by atoms with Gasteiger partial charge in [0.25, 0.3) is 0 Å². The Morgan fingerprint density at radius 3 is 1.95 bits per heavy atom. The summed E-state index contributed by atoms with van der Waals surface area (Å²) >= 11 is 0. The van der Waals surface area contributed by atoms with Gasteiger partial charge in [0.1, 0.15) is 5.41 Å². The lowest BCUT2D eigenvalue weighted by Gasteiger charge is -2.42. The highest BCUT2D eigenvalue weighted by Gasteiger charge is 2.50. The molecule has 122 valence electrons. The molecule has 0 aliphatic heterocycles. The maximum absolute atomic E-state index is 12.9. The van der Waals surface area contributed by atoms with Crippen molar-refractivity contribution in [3.8, 4) is 0 Å². The van der Waals surface area contributed by atoms with Gasteiger partial charge in [-0.2, -0.15) is 0 Å². The molecule has 21 heavy (non-hydrogen) atoms. The molecule has 1 amide bonds. The molecular formula is C16H31N3O2. The van der Waals surface area contributed by atoms with Crippen LogP contribution in [-0.2, 0) is 4.79 Å². The Bertz CT molecular complexity index is 362. The molecule has 1 rings (SSSR count). The SMILES string of the molecule is CC(C)CCN(CCC(C)C)C(=O)C1(C(N)=NO)CCC1. The van der Waals surface area contributed by atoms with Gasteiger partial charge in [0.05, 0.1) is 0 Å². The van der Waals surface area contributed by atoms with Crippen LogP contribution in [0.15, 0.2) is 5.16 Å². The third-order valence-corrected chi connectivity index (χ3v) is 4.45. The van der Waals surface area contributed by atoms with Crippen LogP contribution in [0.3, 0.4) is 0 Å². The van der Waals surface area contributed by atoms with Gasteiger partial charge < -0.3 is 15.8 Å². The van der Waals surface area contributed by atoms with Gasteiger partial charge in [-0.15, -0.1) is 0 Å². The third kappa shape index (κ3) is 4.35. The smallest absolute Gasteiger partial charge is 0.236 e. The summed E-state index contributed by atoms with van der Waals surface area (Å²) < 4.78 is 0. The van der Waals surface area contributed by atoms with Gasteiger partial charge in [0.2, 0.25) is 5.91 Å². The zero-order valence-corrected chi connectivity index (χ0v) is 13.9. The van der Waals surface area contributed by atoms with Crippen LogP contribution in [0.2, 0.25) is 0 Å². The van der Waals surface area contributed by atoms with Crippen LogP contribution in [0.1, 0.15) is 59.8 Å². The summed E-state index contributed by atoms with van der Waals surface area (Å²) in [6, 6.07) is 0. The molecule has 5 nitrogen and oxygen atoms in total. The van der Waals surface area contributed by atoms with Gasteiger partial charge in [-0.1, -0.05) is 39.3 Å². The number of hydrogen-bond donors (Lipinski definition) is 2. The van der Waals surface area contributed by atoms with Crippen LogP contribution >= 0.6 is 0 Å². The van der Waals surface area contributed by atoms with Crippen molar-refractivity contribution < 1.29 is 10.0 Å². The van der Waals surface area contributed by atoms with Gasteiger partial charge in [-0.3, -0.25) is 4.79 Å². The zero-order chi connectivity index (χ0) is 16.0. The minimum atomic E-state index is -0.747. The molecule has 5 heteroatoms. The largest absolute Gasteiger partial charge is 0.409 e. The number of carbonyl (C=O) groups is 1. The fraction of sp³-hybridized carbons (Fsp3) is 0.875. The van der Waals surface area contributed by atoms with Crippen molar-refractivity contribution in [2.75, 3.05) is 13.1 Å². The van der Waals surface area contributed by atoms with E-state index >= 15 is 0 Å². The molecule has 0 aromatic carbocycles. The molecule has 0 spiro atoms. The summed E-state index contributed by atoms with van der Waals surface area (Å²) in [5, 5.41) is 12.1. The zero-order valence-electron chi connectivity index (χ0n) is 13.9. The second-order valence-corrected chi connectivity index (χ2v) is 7.08. The van der Waals surface area contributed by atoms with Crippen molar-refractivity contribution in [1.29, 1.82) is 0 Å². The molecule has 0 radical (unpaired) electrons. The average Bonchev–Trinajstić information content (AvgIpc) is 2.36. The van der Waals surface area contributed by atoms with E-state index in [1.54, 1.807) is 0 Å². The lowest BCUT2D eigenvalue weighted by molar-refractivity contribution is -0.142. The molecule has 0 unspecified atom stereocenters. The minimum Gasteiger partial charge on any atom is -0.409 e. The molecule has 1 aliphatic rings. The Kier molecular flexibility index (Phi) is 6.49. The summed E-state index contributed by atoms with van der Waals surface area (Å²) in [4.78, 5) is 14.9. The average molecular weight is 297 g/mol. The second-order valence-electron chi connectivity index (χ2n) is 7.08. The number of nitrogens with zero attached hydrogens (tertiary/aromatic N) is 2. The highest BCUT2D eigenvalue weighted by atomic mass is 16.4. The molecule has 1 aliphatic carbocycles. The monoisotopic (exact) mass is 297 g/mol. The fourth-order valence-corrected chi connectivity index (χ4v) is 2.65. The molecule has 0 bridgehead atoms. The van der Waals surface area contributed by atoms with E-state index in [0.29, 0.717) is 24.7 Å². The van der Waals surface area contributed by atoms with Crippen molar-refractivity contribution in [2.45, 2.75) is 59.8 Å². The predicted octanol–water partition coefficient (Wildman–Crippen LogP) is 2.82. The van der Waals surface area contributed by atoms with Crippen LogP contribution in [0.25, 0.3) is 0 Å².